The van der Waals surface area contributed by atoms with E-state index in [1.807, 2.05) is 55.4 Å². The summed E-state index contributed by atoms with van der Waals surface area (Å²) < 4.78 is 20.1. The van der Waals surface area contributed by atoms with E-state index in [1.54, 1.807) is 19.4 Å². The number of fused-ring (bicyclic) bond motifs is 2. The Balaban J connectivity index is 1.36. The Morgan fingerprint density at radius 3 is 2.59 bits per heavy atom. The fourth-order valence-electron chi connectivity index (χ4n) is 5.15. The van der Waals surface area contributed by atoms with Crippen LogP contribution in [-0.2, 0) is 0 Å². The molecule has 3 aromatic rings. The van der Waals surface area contributed by atoms with Gasteiger partial charge < -0.3 is 19.6 Å². The number of methoxy groups -OCH3 is 1. The Kier molecular flexibility index (Phi) is 5.17. The molecule has 1 N–H and O–H groups in total. The Labute approximate surface area is 186 Å². The zero-order valence-corrected chi connectivity index (χ0v) is 18.3. The highest BCUT2D eigenvalue weighted by molar-refractivity contribution is 5.74. The molecule has 0 spiro atoms. The molecule has 0 amide bonds. The van der Waals surface area contributed by atoms with Crippen molar-refractivity contribution >= 4 is 5.82 Å². The average Bonchev–Trinajstić information content (AvgIpc) is 3.35. The van der Waals surface area contributed by atoms with E-state index in [4.69, 9.17) is 4.74 Å². The second kappa shape index (κ2) is 8.02. The van der Waals surface area contributed by atoms with Gasteiger partial charge in [-0.15, -0.1) is 10.2 Å². The molecule has 1 saturated carbocycles. The molecular weight excluding hydrogens is 409 g/mol. The zero-order chi connectivity index (χ0) is 22.4. The predicted molar refractivity (Wildman–Crippen MR) is 121 cm³/mol. The van der Waals surface area contributed by atoms with Crippen molar-refractivity contribution in [1.82, 2.24) is 20.1 Å². The van der Waals surface area contributed by atoms with Gasteiger partial charge in [-0.2, -0.15) is 0 Å². The van der Waals surface area contributed by atoms with Gasteiger partial charge in [-0.3, -0.25) is 0 Å². The molecule has 1 aliphatic heterocycles. The van der Waals surface area contributed by atoms with Crippen molar-refractivity contribution in [2.45, 2.75) is 24.7 Å². The minimum atomic E-state index is -0.895. The van der Waals surface area contributed by atoms with Crippen molar-refractivity contribution in [1.29, 1.82) is 0 Å². The lowest BCUT2D eigenvalue weighted by Gasteiger charge is -2.37. The van der Waals surface area contributed by atoms with Gasteiger partial charge in [0.1, 0.15) is 11.9 Å². The van der Waals surface area contributed by atoms with Gasteiger partial charge in [0.15, 0.2) is 5.82 Å². The summed E-state index contributed by atoms with van der Waals surface area (Å²) >= 11 is 0. The van der Waals surface area contributed by atoms with Gasteiger partial charge in [-0.25, -0.2) is 9.37 Å². The number of anilines is 1. The standard InChI is InChI=1S/C24H26FN5O2/c1-29-13-16-10-19(29)23(25)24(16)30(2)21-7-6-18(27-28-21)17-5-4-14(11-20(17)31)15-8-9-26-22(12-15)32-3/h4-9,11-12,16,19,23-24,31H,10,13H2,1-3H3/t16-,19-,23-,24-/m0/s1. The van der Waals surface area contributed by atoms with Gasteiger partial charge in [0.2, 0.25) is 5.88 Å². The van der Waals surface area contributed by atoms with Gasteiger partial charge in [0.25, 0.3) is 0 Å². The summed E-state index contributed by atoms with van der Waals surface area (Å²) in [6.45, 7) is 0.912. The molecule has 0 radical (unpaired) electrons. The van der Waals surface area contributed by atoms with Gasteiger partial charge in [0, 0.05) is 37.5 Å². The first-order valence-electron chi connectivity index (χ1n) is 10.7. The van der Waals surface area contributed by atoms with Crippen LogP contribution in [0.5, 0.6) is 11.6 Å². The third kappa shape index (κ3) is 3.44. The molecule has 1 aromatic carbocycles. The number of phenolic OH excluding ortho intramolecular Hbond substituents is 1. The van der Waals surface area contributed by atoms with Crippen LogP contribution in [0.15, 0.2) is 48.7 Å². The Bertz CT molecular complexity index is 1120. The average molecular weight is 436 g/mol. The number of aromatic nitrogens is 3. The van der Waals surface area contributed by atoms with E-state index >= 15 is 0 Å². The van der Waals surface area contributed by atoms with Crippen molar-refractivity contribution < 1.29 is 14.2 Å². The molecule has 5 rings (SSSR count). The Morgan fingerprint density at radius 1 is 1.12 bits per heavy atom. The number of nitrogens with zero attached hydrogens (tertiary/aromatic N) is 5. The zero-order valence-electron chi connectivity index (χ0n) is 18.3. The molecule has 2 fully saturated rings. The number of aromatic hydroxyl groups is 1. The number of ether oxygens (including phenoxy) is 1. The van der Waals surface area contributed by atoms with E-state index < -0.39 is 6.17 Å². The number of pyridine rings is 1. The normalized spacial score (nSPS) is 24.6. The van der Waals surface area contributed by atoms with Crippen LogP contribution in [0.25, 0.3) is 22.4 Å². The summed E-state index contributed by atoms with van der Waals surface area (Å²) in [5, 5.41) is 19.3. The molecule has 166 valence electrons. The van der Waals surface area contributed by atoms with Crippen LogP contribution in [0.1, 0.15) is 6.42 Å². The lowest BCUT2D eigenvalue weighted by molar-refractivity contribution is 0.126. The molecule has 32 heavy (non-hydrogen) atoms. The summed E-state index contributed by atoms with van der Waals surface area (Å²) in [7, 11) is 5.44. The van der Waals surface area contributed by atoms with E-state index in [2.05, 4.69) is 20.1 Å². The number of halogens is 1. The number of phenols is 1. The number of hydrogen-bond donors (Lipinski definition) is 1. The number of alkyl halides is 1. The summed E-state index contributed by atoms with van der Waals surface area (Å²) in [5.41, 5.74) is 2.87. The maximum atomic E-state index is 14.9. The van der Waals surface area contributed by atoms with Crippen molar-refractivity contribution in [3.8, 4) is 34.0 Å². The first-order valence-corrected chi connectivity index (χ1v) is 10.7. The molecule has 2 aromatic heterocycles. The van der Waals surface area contributed by atoms with E-state index in [9.17, 15) is 9.50 Å². The predicted octanol–water partition coefficient (Wildman–Crippen LogP) is 3.40. The second-order valence-electron chi connectivity index (χ2n) is 8.64. The maximum absolute atomic E-state index is 14.9. The van der Waals surface area contributed by atoms with Crippen molar-refractivity contribution in [2.24, 2.45) is 5.92 Å². The molecule has 3 heterocycles. The SMILES string of the molecule is COc1cc(-c2ccc(-c3ccc(N(C)[C@H]4[C@H]5C[C@@H]([C@@H]4F)N(C)C5)nn3)c(O)c2)ccn1. The molecule has 1 aliphatic carbocycles. The Morgan fingerprint density at radius 2 is 1.94 bits per heavy atom. The quantitative estimate of drug-likeness (QED) is 0.658. The third-order valence-corrected chi connectivity index (χ3v) is 6.82. The van der Waals surface area contributed by atoms with Crippen LogP contribution in [-0.4, -0.2) is 71.2 Å². The fraction of sp³-hybridized carbons (Fsp3) is 0.375. The van der Waals surface area contributed by atoms with Crippen LogP contribution in [0.3, 0.4) is 0 Å². The highest BCUT2D eigenvalue weighted by Gasteiger charge is 2.52. The minimum absolute atomic E-state index is 0.00416. The third-order valence-electron chi connectivity index (χ3n) is 6.82. The van der Waals surface area contributed by atoms with Gasteiger partial charge in [-0.05, 0) is 60.8 Å². The molecular formula is C24H26FN5O2. The number of hydrogen-bond acceptors (Lipinski definition) is 7. The van der Waals surface area contributed by atoms with Gasteiger partial charge in [0.05, 0.1) is 18.8 Å². The summed E-state index contributed by atoms with van der Waals surface area (Å²) in [4.78, 5) is 8.14. The number of benzene rings is 1. The van der Waals surface area contributed by atoms with Gasteiger partial charge in [-0.1, -0.05) is 6.07 Å². The van der Waals surface area contributed by atoms with Crippen molar-refractivity contribution in [3.63, 3.8) is 0 Å². The van der Waals surface area contributed by atoms with E-state index in [0.717, 1.165) is 24.1 Å². The van der Waals surface area contributed by atoms with Crippen molar-refractivity contribution in [3.05, 3.63) is 48.7 Å². The Hall–Kier alpha value is -3.26. The lowest BCUT2D eigenvalue weighted by atomic mass is 10.00. The fourth-order valence-corrected chi connectivity index (χ4v) is 5.15. The van der Waals surface area contributed by atoms with Crippen LogP contribution >= 0.6 is 0 Å². The van der Waals surface area contributed by atoms with Crippen LogP contribution < -0.4 is 9.64 Å². The van der Waals surface area contributed by atoms with E-state index in [-0.39, 0.29) is 17.8 Å². The topological polar surface area (TPSA) is 74.6 Å². The lowest BCUT2D eigenvalue weighted by Crippen LogP contribution is -2.51. The van der Waals surface area contributed by atoms with Crippen LogP contribution in [0.4, 0.5) is 10.2 Å². The number of likely N-dealkylation sites (tertiary alicyclic amines) is 1. The number of rotatable bonds is 5. The van der Waals surface area contributed by atoms with Crippen molar-refractivity contribution in [2.75, 3.05) is 32.6 Å². The summed E-state index contributed by atoms with van der Waals surface area (Å²) in [5.74, 6) is 1.55. The maximum Gasteiger partial charge on any atom is 0.213 e. The monoisotopic (exact) mass is 435 g/mol. The molecule has 0 unspecified atom stereocenters. The van der Waals surface area contributed by atoms with Crippen LogP contribution in [0.2, 0.25) is 0 Å². The highest BCUT2D eigenvalue weighted by Crippen LogP contribution is 2.42. The largest absolute Gasteiger partial charge is 0.507 e. The van der Waals surface area contributed by atoms with E-state index in [0.29, 0.717) is 28.9 Å². The molecule has 8 heteroatoms. The van der Waals surface area contributed by atoms with Crippen LogP contribution in [0, 0.1) is 5.92 Å². The minimum Gasteiger partial charge on any atom is -0.507 e. The second-order valence-corrected chi connectivity index (χ2v) is 8.64. The van der Waals surface area contributed by atoms with Gasteiger partial charge >= 0.3 is 0 Å². The first kappa shape index (κ1) is 20.6. The smallest absolute Gasteiger partial charge is 0.213 e. The molecule has 4 atom stereocenters. The summed E-state index contributed by atoms with van der Waals surface area (Å²) in [6, 6.07) is 12.5. The first-order chi connectivity index (χ1) is 15.5. The molecule has 2 aliphatic rings. The van der Waals surface area contributed by atoms with E-state index in [1.165, 1.54) is 0 Å². The molecule has 7 nitrogen and oxygen atoms in total. The number of piperidine rings is 1. The highest BCUT2D eigenvalue weighted by atomic mass is 19.1. The molecule has 1 saturated heterocycles. The molecule has 2 bridgehead atoms. The summed E-state index contributed by atoms with van der Waals surface area (Å²) in [6.07, 6.45) is 1.66.